The number of amides is 2. The quantitative estimate of drug-likeness (QED) is 0.335. The zero-order valence-corrected chi connectivity index (χ0v) is 21.3. The number of carbonyl (C=O) groups excluding carboxylic acids is 2. The van der Waals surface area contributed by atoms with E-state index in [0.29, 0.717) is 71.1 Å². The molecule has 0 saturated heterocycles. The maximum atomic E-state index is 13.6. The van der Waals surface area contributed by atoms with Crippen LogP contribution in [0.5, 0.6) is 5.75 Å². The number of aliphatic hydroxyl groups excluding tert-OH is 1. The van der Waals surface area contributed by atoms with Gasteiger partial charge in [0.1, 0.15) is 29.4 Å². The van der Waals surface area contributed by atoms with Crippen LogP contribution in [0.4, 0.5) is 8.78 Å². The molecule has 2 aliphatic rings. The minimum atomic E-state index is -2.66. The van der Waals surface area contributed by atoms with Gasteiger partial charge in [-0.05, 0) is 70.1 Å². The van der Waals surface area contributed by atoms with Crippen molar-refractivity contribution >= 4 is 22.8 Å². The Morgan fingerprint density at radius 2 is 1.89 bits per heavy atom. The summed E-state index contributed by atoms with van der Waals surface area (Å²) in [5, 5.41) is 15.2. The highest BCUT2D eigenvalue weighted by Crippen LogP contribution is 2.38. The van der Waals surface area contributed by atoms with Crippen molar-refractivity contribution in [1.82, 2.24) is 25.6 Å². The summed E-state index contributed by atoms with van der Waals surface area (Å²) in [5.41, 5.74) is 2.42. The molecule has 4 N–H and O–H groups in total. The molecule has 0 radical (unpaired) electrons. The number of fused-ring (bicyclic) bond motifs is 1. The molecule has 11 heteroatoms. The second kappa shape index (κ2) is 10.6. The molecule has 2 amide bonds. The molecule has 0 bridgehead atoms. The number of aryl methyl sites for hydroxylation is 1. The van der Waals surface area contributed by atoms with Crippen LogP contribution in [0.3, 0.4) is 0 Å². The molecule has 2 unspecified atom stereocenters. The first-order valence-electron chi connectivity index (χ1n) is 12.9. The average molecular weight is 528 g/mol. The molecule has 3 atom stereocenters. The standard InChI is InChI=1S/C27H31F2N5O4/c1-13-21(27(37)34-18-7-6-17(10-18)33-26(36)14(2)35)23-24(32-13)22(30-12-31-23)19-9-16(25(28)29)5-8-20(19)38-11-15-3-4-15/h5,8-9,12,14-15,17-18,25,32,35H,3-4,6-7,10-11H2,1-2H3,(H,33,36)(H,34,37)/t14-,17?,18?/m0/s1. The minimum Gasteiger partial charge on any atom is -0.493 e. The van der Waals surface area contributed by atoms with Gasteiger partial charge in [0, 0.05) is 28.9 Å². The van der Waals surface area contributed by atoms with Crippen molar-refractivity contribution in [3.63, 3.8) is 0 Å². The summed E-state index contributed by atoms with van der Waals surface area (Å²) in [5.74, 6) is 0.171. The van der Waals surface area contributed by atoms with Crippen LogP contribution in [-0.2, 0) is 4.79 Å². The van der Waals surface area contributed by atoms with Crippen molar-refractivity contribution in [2.75, 3.05) is 6.61 Å². The predicted octanol–water partition coefficient (Wildman–Crippen LogP) is 3.81. The Kier molecular flexibility index (Phi) is 7.29. The Morgan fingerprint density at radius 1 is 1.16 bits per heavy atom. The topological polar surface area (TPSA) is 129 Å². The van der Waals surface area contributed by atoms with Crippen LogP contribution in [0.15, 0.2) is 24.5 Å². The van der Waals surface area contributed by atoms with Crippen LogP contribution in [0.25, 0.3) is 22.3 Å². The van der Waals surface area contributed by atoms with Gasteiger partial charge in [-0.15, -0.1) is 0 Å². The number of aromatic amines is 1. The third kappa shape index (κ3) is 5.47. The van der Waals surface area contributed by atoms with E-state index in [0.717, 1.165) is 12.8 Å². The van der Waals surface area contributed by atoms with E-state index in [-0.39, 0.29) is 23.6 Å². The van der Waals surface area contributed by atoms with E-state index in [2.05, 4.69) is 25.6 Å². The summed E-state index contributed by atoms with van der Waals surface area (Å²) in [6.45, 7) is 3.67. The van der Waals surface area contributed by atoms with Crippen molar-refractivity contribution in [2.24, 2.45) is 5.92 Å². The molecule has 5 rings (SSSR count). The van der Waals surface area contributed by atoms with Crippen molar-refractivity contribution in [1.29, 1.82) is 0 Å². The highest BCUT2D eigenvalue weighted by atomic mass is 19.3. The molecular formula is C27H31F2N5O4. The van der Waals surface area contributed by atoms with E-state index in [4.69, 9.17) is 4.74 Å². The van der Waals surface area contributed by atoms with Gasteiger partial charge in [0.25, 0.3) is 12.3 Å². The van der Waals surface area contributed by atoms with E-state index in [1.807, 2.05) is 0 Å². The summed E-state index contributed by atoms with van der Waals surface area (Å²) in [6, 6.07) is 3.99. The van der Waals surface area contributed by atoms with Crippen LogP contribution < -0.4 is 15.4 Å². The highest BCUT2D eigenvalue weighted by Gasteiger charge is 2.30. The first kappa shape index (κ1) is 26.0. The minimum absolute atomic E-state index is 0.128. The van der Waals surface area contributed by atoms with Crippen LogP contribution in [0.1, 0.15) is 67.1 Å². The van der Waals surface area contributed by atoms with Gasteiger partial charge < -0.3 is 25.5 Å². The van der Waals surface area contributed by atoms with Crippen molar-refractivity contribution < 1.29 is 28.2 Å². The van der Waals surface area contributed by atoms with E-state index in [1.54, 1.807) is 13.0 Å². The molecule has 2 heterocycles. The molecule has 2 fully saturated rings. The van der Waals surface area contributed by atoms with Crippen molar-refractivity contribution in [2.45, 2.75) is 70.6 Å². The second-order valence-corrected chi connectivity index (χ2v) is 10.2. The lowest BCUT2D eigenvalue weighted by Gasteiger charge is -2.15. The summed E-state index contributed by atoms with van der Waals surface area (Å²) in [4.78, 5) is 37.1. The fourth-order valence-corrected chi connectivity index (χ4v) is 4.91. The van der Waals surface area contributed by atoms with Crippen molar-refractivity contribution in [3.8, 4) is 17.0 Å². The Hall–Kier alpha value is -3.60. The lowest BCUT2D eigenvalue weighted by atomic mass is 10.0. The maximum Gasteiger partial charge on any atom is 0.263 e. The fraction of sp³-hybridized carbons (Fsp3) is 0.481. The molecule has 0 spiro atoms. The third-order valence-corrected chi connectivity index (χ3v) is 7.17. The van der Waals surface area contributed by atoms with Gasteiger partial charge in [-0.2, -0.15) is 0 Å². The number of alkyl halides is 2. The second-order valence-electron chi connectivity index (χ2n) is 10.2. The normalized spacial score (nSPS) is 20.1. The molecule has 9 nitrogen and oxygen atoms in total. The Labute approximate surface area is 218 Å². The summed E-state index contributed by atoms with van der Waals surface area (Å²) < 4.78 is 33.1. The number of benzene rings is 1. The number of carbonyl (C=O) groups is 2. The molecule has 2 aromatic heterocycles. The zero-order chi connectivity index (χ0) is 27.0. The summed E-state index contributed by atoms with van der Waals surface area (Å²) >= 11 is 0. The Bertz CT molecular complexity index is 1350. The number of ether oxygens (including phenoxy) is 1. The molecule has 38 heavy (non-hydrogen) atoms. The first-order chi connectivity index (χ1) is 18.2. The van der Waals surface area contributed by atoms with Gasteiger partial charge in [-0.25, -0.2) is 18.7 Å². The SMILES string of the molecule is Cc1[nH]c2c(-c3cc(C(F)F)ccc3OCC3CC3)ncnc2c1C(=O)NC1CCC(NC(=O)[C@H](C)O)C1. The van der Waals surface area contributed by atoms with Crippen LogP contribution in [-0.4, -0.2) is 56.7 Å². The Balaban J connectivity index is 1.41. The summed E-state index contributed by atoms with van der Waals surface area (Å²) in [6.07, 6.45) is 1.67. The van der Waals surface area contributed by atoms with Crippen molar-refractivity contribution in [3.05, 3.63) is 41.3 Å². The van der Waals surface area contributed by atoms with E-state index in [1.165, 1.54) is 25.4 Å². The third-order valence-electron chi connectivity index (χ3n) is 7.17. The van der Waals surface area contributed by atoms with Gasteiger partial charge in [0.2, 0.25) is 5.91 Å². The van der Waals surface area contributed by atoms with E-state index >= 15 is 0 Å². The summed E-state index contributed by atoms with van der Waals surface area (Å²) in [7, 11) is 0. The van der Waals surface area contributed by atoms with Crippen LogP contribution in [0, 0.1) is 12.8 Å². The fourth-order valence-electron chi connectivity index (χ4n) is 4.91. The number of nitrogens with one attached hydrogen (secondary N) is 3. The number of halogens is 2. The van der Waals surface area contributed by atoms with Gasteiger partial charge >= 0.3 is 0 Å². The molecule has 2 saturated carbocycles. The smallest absolute Gasteiger partial charge is 0.263 e. The maximum absolute atomic E-state index is 13.6. The number of H-pyrrole nitrogens is 1. The lowest BCUT2D eigenvalue weighted by Crippen LogP contribution is -2.40. The number of rotatable bonds is 9. The highest BCUT2D eigenvalue weighted by molar-refractivity contribution is 6.09. The number of hydrogen-bond acceptors (Lipinski definition) is 6. The predicted molar refractivity (Wildman–Crippen MR) is 136 cm³/mol. The number of hydrogen-bond donors (Lipinski definition) is 4. The first-order valence-corrected chi connectivity index (χ1v) is 12.9. The van der Waals surface area contributed by atoms with Crippen LogP contribution >= 0.6 is 0 Å². The average Bonchev–Trinajstić information content (AvgIpc) is 3.51. The number of aliphatic hydroxyl groups is 1. The van der Waals surface area contributed by atoms with Gasteiger partial charge in [0.05, 0.1) is 17.7 Å². The molecule has 1 aromatic carbocycles. The monoisotopic (exact) mass is 527 g/mol. The van der Waals surface area contributed by atoms with Gasteiger partial charge in [-0.3, -0.25) is 9.59 Å². The van der Waals surface area contributed by atoms with Gasteiger partial charge in [-0.1, -0.05) is 0 Å². The molecular weight excluding hydrogens is 496 g/mol. The Morgan fingerprint density at radius 3 is 2.58 bits per heavy atom. The zero-order valence-electron chi connectivity index (χ0n) is 21.3. The van der Waals surface area contributed by atoms with Gasteiger partial charge in [0.15, 0.2) is 0 Å². The van der Waals surface area contributed by atoms with E-state index < -0.39 is 18.4 Å². The van der Waals surface area contributed by atoms with E-state index in [9.17, 15) is 23.5 Å². The number of aromatic nitrogens is 3. The lowest BCUT2D eigenvalue weighted by molar-refractivity contribution is -0.129. The largest absolute Gasteiger partial charge is 0.493 e. The number of nitrogens with zero attached hydrogens (tertiary/aromatic N) is 2. The molecule has 0 aliphatic heterocycles. The molecule has 202 valence electrons. The molecule has 2 aliphatic carbocycles. The molecule has 3 aromatic rings. The van der Waals surface area contributed by atoms with Crippen LogP contribution in [0.2, 0.25) is 0 Å².